The molecule has 0 atom stereocenters. The van der Waals surface area contributed by atoms with Crippen LogP contribution in [0.25, 0.3) is 9.88 Å². The zero-order chi connectivity index (χ0) is 13.9. The molecule has 0 radical (unpaired) electrons. The summed E-state index contributed by atoms with van der Waals surface area (Å²) in [6.45, 7) is 9.66. The first-order chi connectivity index (χ1) is 8.99. The highest BCUT2D eigenvalue weighted by atomic mass is 32.1. The van der Waals surface area contributed by atoms with E-state index in [0.717, 1.165) is 29.4 Å². The van der Waals surface area contributed by atoms with Gasteiger partial charge in [-0.3, -0.25) is 0 Å². The molecule has 3 nitrogen and oxygen atoms in total. The lowest BCUT2D eigenvalue weighted by molar-refractivity contribution is 0.429. The first kappa shape index (κ1) is 14.6. The second kappa shape index (κ2) is 6.11. The van der Waals surface area contributed by atoms with Gasteiger partial charge in [-0.2, -0.15) is 0 Å². The average molecular weight is 295 g/mol. The normalized spacial score (nSPS) is 12.0. The molecule has 0 aliphatic rings. The lowest BCUT2D eigenvalue weighted by Gasteiger charge is -2.19. The Kier molecular flexibility index (Phi) is 4.71. The van der Waals surface area contributed by atoms with Crippen LogP contribution in [0.3, 0.4) is 0 Å². The van der Waals surface area contributed by atoms with Crippen LogP contribution >= 0.6 is 22.7 Å². The van der Waals surface area contributed by atoms with Crippen LogP contribution in [0.2, 0.25) is 0 Å². The van der Waals surface area contributed by atoms with Gasteiger partial charge in [0.2, 0.25) is 0 Å². The number of hydrogen-bond acceptors (Lipinski definition) is 5. The monoisotopic (exact) mass is 295 g/mol. The first-order valence-corrected chi connectivity index (χ1v) is 8.33. The number of hydrogen-bond donors (Lipinski definition) is 1. The van der Waals surface area contributed by atoms with Gasteiger partial charge < -0.3 is 5.32 Å². The van der Waals surface area contributed by atoms with Crippen molar-refractivity contribution in [2.75, 3.05) is 6.54 Å². The Morgan fingerprint density at radius 3 is 2.74 bits per heavy atom. The van der Waals surface area contributed by atoms with Gasteiger partial charge in [-0.25, -0.2) is 0 Å². The molecule has 19 heavy (non-hydrogen) atoms. The minimum absolute atomic E-state index is 0.163. The van der Waals surface area contributed by atoms with E-state index >= 15 is 0 Å². The van der Waals surface area contributed by atoms with Gasteiger partial charge in [0.15, 0.2) is 5.01 Å². The summed E-state index contributed by atoms with van der Waals surface area (Å²) < 4.78 is 0. The second-order valence-corrected chi connectivity index (χ2v) is 7.53. The molecule has 0 aromatic carbocycles. The Balaban J connectivity index is 2.00. The molecule has 2 aromatic rings. The fourth-order valence-corrected chi connectivity index (χ4v) is 3.75. The highest BCUT2D eigenvalue weighted by molar-refractivity contribution is 7.20. The molecule has 0 spiro atoms. The SMILES string of the molecule is CCc1ccsc1-c1nnc(CCNC(C)(C)C)s1. The van der Waals surface area contributed by atoms with Crippen molar-refractivity contribution < 1.29 is 0 Å². The van der Waals surface area contributed by atoms with Crippen LogP contribution in [0.15, 0.2) is 11.4 Å². The zero-order valence-electron chi connectivity index (χ0n) is 12.0. The Bertz CT molecular complexity index is 523. The van der Waals surface area contributed by atoms with Crippen molar-refractivity contribution in [3.05, 3.63) is 22.0 Å². The Labute approximate surface area is 123 Å². The van der Waals surface area contributed by atoms with E-state index in [2.05, 4.69) is 54.7 Å². The third kappa shape index (κ3) is 4.09. The predicted octanol–water partition coefficient (Wildman–Crippen LogP) is 3.76. The molecule has 0 aliphatic heterocycles. The summed E-state index contributed by atoms with van der Waals surface area (Å²) in [5.74, 6) is 0. The Hall–Kier alpha value is -0.780. The lowest BCUT2D eigenvalue weighted by atomic mass is 10.1. The molecule has 2 aromatic heterocycles. The summed E-state index contributed by atoms with van der Waals surface area (Å²) in [5, 5.41) is 16.4. The van der Waals surface area contributed by atoms with Crippen molar-refractivity contribution in [1.29, 1.82) is 0 Å². The van der Waals surface area contributed by atoms with Crippen LogP contribution in [-0.4, -0.2) is 22.3 Å². The van der Waals surface area contributed by atoms with Gasteiger partial charge in [-0.15, -0.1) is 21.5 Å². The minimum Gasteiger partial charge on any atom is -0.312 e. The number of aryl methyl sites for hydroxylation is 1. The van der Waals surface area contributed by atoms with Gasteiger partial charge in [0.25, 0.3) is 0 Å². The molecule has 5 heteroatoms. The van der Waals surface area contributed by atoms with Crippen LogP contribution in [0, 0.1) is 0 Å². The minimum atomic E-state index is 0.163. The summed E-state index contributed by atoms with van der Waals surface area (Å²) in [4.78, 5) is 1.29. The number of thiophene rings is 1. The number of nitrogens with one attached hydrogen (secondary N) is 1. The third-order valence-electron chi connectivity index (χ3n) is 2.78. The van der Waals surface area contributed by atoms with Crippen molar-refractivity contribution in [2.24, 2.45) is 0 Å². The Morgan fingerprint density at radius 1 is 1.26 bits per heavy atom. The van der Waals surface area contributed by atoms with Crippen LogP contribution < -0.4 is 5.32 Å². The molecule has 0 fully saturated rings. The van der Waals surface area contributed by atoms with Gasteiger partial charge in [0.05, 0.1) is 4.88 Å². The van der Waals surface area contributed by atoms with E-state index < -0.39 is 0 Å². The van der Waals surface area contributed by atoms with E-state index in [1.165, 1.54) is 10.4 Å². The Morgan fingerprint density at radius 2 is 2.05 bits per heavy atom. The van der Waals surface area contributed by atoms with Gasteiger partial charge in [0.1, 0.15) is 5.01 Å². The topological polar surface area (TPSA) is 37.8 Å². The first-order valence-electron chi connectivity index (χ1n) is 6.64. The fraction of sp³-hybridized carbons (Fsp3) is 0.571. The molecule has 0 saturated carbocycles. The van der Waals surface area contributed by atoms with E-state index in [1.807, 2.05) is 0 Å². The van der Waals surface area contributed by atoms with Crippen LogP contribution in [0.4, 0.5) is 0 Å². The lowest BCUT2D eigenvalue weighted by Crippen LogP contribution is -2.37. The number of nitrogens with zero attached hydrogens (tertiary/aromatic N) is 2. The van der Waals surface area contributed by atoms with E-state index in [1.54, 1.807) is 22.7 Å². The standard InChI is InChI=1S/C14H21N3S2/c1-5-10-7-9-18-12(10)13-17-16-11(19-13)6-8-15-14(2,3)4/h7,9,15H,5-6,8H2,1-4H3. The maximum Gasteiger partial charge on any atom is 0.158 e. The van der Waals surface area contributed by atoms with Crippen molar-refractivity contribution >= 4 is 22.7 Å². The average Bonchev–Trinajstić information content (AvgIpc) is 2.93. The van der Waals surface area contributed by atoms with Gasteiger partial charge in [-0.05, 0) is 44.2 Å². The molecule has 0 bridgehead atoms. The molecule has 2 heterocycles. The largest absolute Gasteiger partial charge is 0.312 e. The summed E-state index contributed by atoms with van der Waals surface area (Å²) >= 11 is 3.48. The molecule has 0 saturated heterocycles. The van der Waals surface area contributed by atoms with Gasteiger partial charge in [-0.1, -0.05) is 18.3 Å². The van der Waals surface area contributed by atoms with Crippen molar-refractivity contribution in [3.8, 4) is 9.88 Å². The van der Waals surface area contributed by atoms with E-state index in [4.69, 9.17) is 0 Å². The molecule has 104 valence electrons. The number of rotatable bonds is 5. The molecular weight excluding hydrogens is 274 g/mol. The predicted molar refractivity (Wildman–Crippen MR) is 84.1 cm³/mol. The highest BCUT2D eigenvalue weighted by Gasteiger charge is 2.13. The van der Waals surface area contributed by atoms with E-state index in [-0.39, 0.29) is 5.54 Å². The van der Waals surface area contributed by atoms with Gasteiger partial charge >= 0.3 is 0 Å². The molecule has 0 amide bonds. The summed E-state index contributed by atoms with van der Waals surface area (Å²) in [6, 6.07) is 2.18. The van der Waals surface area contributed by atoms with E-state index in [9.17, 15) is 0 Å². The summed E-state index contributed by atoms with van der Waals surface area (Å²) in [7, 11) is 0. The van der Waals surface area contributed by atoms with Crippen molar-refractivity contribution in [2.45, 2.75) is 46.1 Å². The second-order valence-electron chi connectivity index (χ2n) is 5.56. The van der Waals surface area contributed by atoms with E-state index in [0.29, 0.717) is 0 Å². The van der Waals surface area contributed by atoms with Crippen LogP contribution in [-0.2, 0) is 12.8 Å². The summed E-state index contributed by atoms with van der Waals surface area (Å²) in [5.41, 5.74) is 1.54. The third-order valence-corrected chi connectivity index (χ3v) is 4.88. The zero-order valence-corrected chi connectivity index (χ0v) is 13.6. The quantitative estimate of drug-likeness (QED) is 0.912. The summed E-state index contributed by atoms with van der Waals surface area (Å²) in [6.07, 6.45) is 2.00. The van der Waals surface area contributed by atoms with Crippen LogP contribution in [0.5, 0.6) is 0 Å². The fourth-order valence-electron chi connectivity index (χ4n) is 1.79. The molecular formula is C14H21N3S2. The van der Waals surface area contributed by atoms with Gasteiger partial charge in [0, 0.05) is 18.5 Å². The van der Waals surface area contributed by atoms with Crippen molar-refractivity contribution in [1.82, 2.24) is 15.5 Å². The maximum atomic E-state index is 4.33. The molecule has 2 rings (SSSR count). The smallest absolute Gasteiger partial charge is 0.158 e. The highest BCUT2D eigenvalue weighted by Crippen LogP contribution is 2.32. The van der Waals surface area contributed by atoms with Crippen molar-refractivity contribution in [3.63, 3.8) is 0 Å². The van der Waals surface area contributed by atoms with Crippen LogP contribution in [0.1, 0.15) is 38.3 Å². The number of aromatic nitrogens is 2. The maximum absolute atomic E-state index is 4.33. The molecule has 0 aliphatic carbocycles. The molecule has 1 N–H and O–H groups in total. The molecule has 0 unspecified atom stereocenters.